The van der Waals surface area contributed by atoms with Crippen molar-refractivity contribution in [2.45, 2.75) is 39.0 Å². The molecule has 0 radical (unpaired) electrons. The van der Waals surface area contributed by atoms with Crippen LogP contribution in [0.3, 0.4) is 0 Å². The van der Waals surface area contributed by atoms with Gasteiger partial charge in [-0.15, -0.1) is 0 Å². The van der Waals surface area contributed by atoms with Crippen LogP contribution in [-0.2, 0) is 0 Å². The molecule has 3 nitrogen and oxygen atoms in total. The predicted octanol–water partition coefficient (Wildman–Crippen LogP) is 4.43. The summed E-state index contributed by atoms with van der Waals surface area (Å²) in [4.78, 5) is 7.11. The first kappa shape index (κ1) is 13.7. The summed E-state index contributed by atoms with van der Waals surface area (Å²) in [6, 6.07) is 8.14. The van der Waals surface area contributed by atoms with Crippen LogP contribution in [0.2, 0.25) is 0 Å². The van der Waals surface area contributed by atoms with Crippen molar-refractivity contribution in [3.05, 3.63) is 36.8 Å². The number of benzene rings is 1. The van der Waals surface area contributed by atoms with Gasteiger partial charge in [0, 0.05) is 0 Å². The summed E-state index contributed by atoms with van der Waals surface area (Å²) < 4.78 is 5.73. The van der Waals surface area contributed by atoms with E-state index in [1.54, 1.807) is 6.33 Å². The molecule has 0 fully saturated rings. The number of H-pyrrole nitrogens is 1. The average molecular weight is 258 g/mol. The Kier molecular flexibility index (Phi) is 5.48. The normalized spacial score (nSPS) is 10.6. The molecule has 0 spiro atoms. The van der Waals surface area contributed by atoms with E-state index < -0.39 is 0 Å². The van der Waals surface area contributed by atoms with Crippen LogP contribution < -0.4 is 4.74 Å². The van der Waals surface area contributed by atoms with Crippen molar-refractivity contribution in [2.75, 3.05) is 6.61 Å². The molecule has 19 heavy (non-hydrogen) atoms. The minimum absolute atomic E-state index is 0.813. The monoisotopic (exact) mass is 258 g/mol. The molecule has 0 atom stereocenters. The number of hydrogen-bond donors (Lipinski definition) is 1. The van der Waals surface area contributed by atoms with E-state index in [2.05, 4.69) is 29.0 Å². The van der Waals surface area contributed by atoms with Crippen molar-refractivity contribution in [2.24, 2.45) is 0 Å². The Morgan fingerprint density at radius 1 is 1.05 bits per heavy atom. The van der Waals surface area contributed by atoms with E-state index in [-0.39, 0.29) is 0 Å². The molecule has 0 saturated carbocycles. The van der Waals surface area contributed by atoms with Crippen LogP contribution in [-0.4, -0.2) is 16.6 Å². The zero-order valence-electron chi connectivity index (χ0n) is 11.6. The summed E-state index contributed by atoms with van der Waals surface area (Å²) in [5.41, 5.74) is 2.17. The van der Waals surface area contributed by atoms with Crippen LogP contribution in [0.25, 0.3) is 11.3 Å². The number of aromatic amines is 1. The quantitative estimate of drug-likeness (QED) is 0.711. The number of rotatable bonds is 8. The Bertz CT molecular complexity index is 448. The largest absolute Gasteiger partial charge is 0.494 e. The van der Waals surface area contributed by atoms with Gasteiger partial charge in [0.2, 0.25) is 0 Å². The molecule has 0 amide bonds. The number of imidazole rings is 1. The maximum Gasteiger partial charge on any atom is 0.119 e. The van der Waals surface area contributed by atoms with Gasteiger partial charge < -0.3 is 9.72 Å². The summed E-state index contributed by atoms with van der Waals surface area (Å²) in [5.74, 6) is 0.943. The van der Waals surface area contributed by atoms with E-state index in [0.29, 0.717) is 0 Å². The fourth-order valence-electron chi connectivity index (χ4n) is 2.04. The van der Waals surface area contributed by atoms with Gasteiger partial charge in [-0.1, -0.05) is 32.6 Å². The van der Waals surface area contributed by atoms with Gasteiger partial charge in [0.1, 0.15) is 5.75 Å². The lowest BCUT2D eigenvalue weighted by Crippen LogP contribution is -1.97. The van der Waals surface area contributed by atoms with Gasteiger partial charge in [0.15, 0.2) is 0 Å². The van der Waals surface area contributed by atoms with Crippen LogP contribution in [0.4, 0.5) is 0 Å². The van der Waals surface area contributed by atoms with E-state index >= 15 is 0 Å². The van der Waals surface area contributed by atoms with Crippen molar-refractivity contribution in [1.29, 1.82) is 0 Å². The molecule has 2 aromatic rings. The standard InChI is InChI=1S/C16H22N2O/c1-2-3-4-5-6-11-19-15-9-7-14(8-10-15)16-12-17-13-18-16/h7-10,12-13H,2-6,11H2,1H3,(H,17,18). The fourth-order valence-corrected chi connectivity index (χ4v) is 2.04. The third-order valence-electron chi connectivity index (χ3n) is 3.18. The summed E-state index contributed by atoms with van der Waals surface area (Å²) >= 11 is 0. The molecule has 1 aromatic heterocycles. The summed E-state index contributed by atoms with van der Waals surface area (Å²) in [7, 11) is 0. The highest BCUT2D eigenvalue weighted by Gasteiger charge is 1.99. The second kappa shape index (κ2) is 7.62. The highest BCUT2D eigenvalue weighted by Crippen LogP contribution is 2.20. The van der Waals surface area contributed by atoms with Crippen LogP contribution in [0, 0.1) is 0 Å². The van der Waals surface area contributed by atoms with Gasteiger partial charge in [-0.2, -0.15) is 0 Å². The fraction of sp³-hybridized carbons (Fsp3) is 0.438. The molecule has 0 bridgehead atoms. The topological polar surface area (TPSA) is 37.9 Å². The molecular weight excluding hydrogens is 236 g/mol. The van der Waals surface area contributed by atoms with Crippen LogP contribution in [0.15, 0.2) is 36.8 Å². The summed E-state index contributed by atoms with van der Waals surface area (Å²) in [5, 5.41) is 0. The maximum atomic E-state index is 5.73. The molecule has 3 heteroatoms. The summed E-state index contributed by atoms with van der Waals surface area (Å²) in [6.07, 6.45) is 9.86. The Morgan fingerprint density at radius 2 is 1.84 bits per heavy atom. The van der Waals surface area contributed by atoms with Crippen molar-refractivity contribution in [3.63, 3.8) is 0 Å². The molecule has 0 saturated heterocycles. The molecule has 0 unspecified atom stereocenters. The van der Waals surface area contributed by atoms with Crippen LogP contribution >= 0.6 is 0 Å². The predicted molar refractivity (Wildman–Crippen MR) is 78.3 cm³/mol. The molecule has 1 heterocycles. The number of aromatic nitrogens is 2. The third-order valence-corrected chi connectivity index (χ3v) is 3.18. The second-order valence-corrected chi connectivity index (χ2v) is 4.75. The van der Waals surface area contributed by atoms with E-state index in [0.717, 1.165) is 30.0 Å². The zero-order chi connectivity index (χ0) is 13.3. The molecular formula is C16H22N2O. The second-order valence-electron chi connectivity index (χ2n) is 4.75. The highest BCUT2D eigenvalue weighted by molar-refractivity contribution is 5.58. The number of nitrogens with zero attached hydrogens (tertiary/aromatic N) is 1. The maximum absolute atomic E-state index is 5.73. The SMILES string of the molecule is CCCCCCCOc1ccc(-c2cnc[nH]2)cc1. The highest BCUT2D eigenvalue weighted by atomic mass is 16.5. The number of unbranched alkanes of at least 4 members (excludes halogenated alkanes) is 4. The third kappa shape index (κ3) is 4.43. The Morgan fingerprint density at radius 3 is 2.53 bits per heavy atom. The average Bonchev–Trinajstić information content (AvgIpc) is 2.97. The number of ether oxygens (including phenoxy) is 1. The smallest absolute Gasteiger partial charge is 0.119 e. The van der Waals surface area contributed by atoms with Gasteiger partial charge in [-0.05, 0) is 36.2 Å². The minimum Gasteiger partial charge on any atom is -0.494 e. The van der Waals surface area contributed by atoms with Crippen molar-refractivity contribution >= 4 is 0 Å². The van der Waals surface area contributed by atoms with Gasteiger partial charge in [-0.25, -0.2) is 4.98 Å². The van der Waals surface area contributed by atoms with E-state index in [9.17, 15) is 0 Å². The molecule has 102 valence electrons. The molecule has 1 aromatic carbocycles. The Hall–Kier alpha value is -1.77. The number of nitrogens with one attached hydrogen (secondary N) is 1. The van der Waals surface area contributed by atoms with Crippen LogP contribution in [0.5, 0.6) is 5.75 Å². The van der Waals surface area contributed by atoms with E-state index in [1.807, 2.05) is 18.3 Å². The molecule has 0 aliphatic heterocycles. The minimum atomic E-state index is 0.813. The first-order valence-electron chi connectivity index (χ1n) is 7.12. The molecule has 2 rings (SSSR count). The Balaban J connectivity index is 1.73. The van der Waals surface area contributed by atoms with E-state index in [4.69, 9.17) is 4.74 Å². The summed E-state index contributed by atoms with van der Waals surface area (Å²) in [6.45, 7) is 3.05. The van der Waals surface area contributed by atoms with Crippen molar-refractivity contribution in [1.82, 2.24) is 9.97 Å². The molecule has 0 aliphatic carbocycles. The van der Waals surface area contributed by atoms with Crippen molar-refractivity contribution < 1.29 is 4.74 Å². The lowest BCUT2D eigenvalue weighted by molar-refractivity contribution is 0.304. The molecule has 0 aliphatic rings. The first-order chi connectivity index (χ1) is 9.40. The van der Waals surface area contributed by atoms with Gasteiger partial charge >= 0.3 is 0 Å². The van der Waals surface area contributed by atoms with Crippen LogP contribution in [0.1, 0.15) is 39.0 Å². The van der Waals surface area contributed by atoms with Crippen molar-refractivity contribution in [3.8, 4) is 17.0 Å². The molecule has 1 N–H and O–H groups in total. The zero-order valence-corrected chi connectivity index (χ0v) is 11.6. The van der Waals surface area contributed by atoms with Gasteiger partial charge in [0.05, 0.1) is 24.8 Å². The lowest BCUT2D eigenvalue weighted by Gasteiger charge is -2.06. The van der Waals surface area contributed by atoms with E-state index in [1.165, 1.54) is 25.7 Å². The first-order valence-corrected chi connectivity index (χ1v) is 7.12. The Labute approximate surface area is 115 Å². The lowest BCUT2D eigenvalue weighted by atomic mass is 10.1. The van der Waals surface area contributed by atoms with Gasteiger partial charge in [-0.3, -0.25) is 0 Å². The van der Waals surface area contributed by atoms with Gasteiger partial charge in [0.25, 0.3) is 0 Å². The number of hydrogen-bond acceptors (Lipinski definition) is 2.